The smallest absolute Gasteiger partial charge is 0.274 e. The number of hydrogen-bond donors (Lipinski definition) is 2. The van der Waals surface area contributed by atoms with Crippen molar-refractivity contribution in [3.63, 3.8) is 0 Å². The second-order valence-electron chi connectivity index (χ2n) is 9.51. The Morgan fingerprint density at radius 1 is 0.875 bits per heavy atom. The van der Waals surface area contributed by atoms with Crippen LogP contribution in [0.15, 0.2) is 48.5 Å². The van der Waals surface area contributed by atoms with E-state index in [1.165, 1.54) is 42.6 Å². The zero-order valence-corrected chi connectivity index (χ0v) is 19.3. The first-order valence-electron chi connectivity index (χ1n) is 11.8. The summed E-state index contributed by atoms with van der Waals surface area (Å²) in [6.45, 7) is 12.1. The lowest BCUT2D eigenvalue weighted by Gasteiger charge is -2.44. The number of hydroxylamine groups is 1. The van der Waals surface area contributed by atoms with Crippen molar-refractivity contribution in [1.82, 2.24) is 20.2 Å². The Balaban J connectivity index is 1.33. The summed E-state index contributed by atoms with van der Waals surface area (Å²) in [5.41, 5.74) is 6.18. The number of nitrogens with one attached hydrogen (secondary N) is 1. The van der Waals surface area contributed by atoms with Crippen LogP contribution in [0, 0.1) is 0 Å². The van der Waals surface area contributed by atoms with Gasteiger partial charge in [0.1, 0.15) is 0 Å². The topological polar surface area (TPSA) is 59.0 Å². The maximum atomic E-state index is 11.5. The lowest BCUT2D eigenvalue weighted by molar-refractivity contribution is 0.0290. The van der Waals surface area contributed by atoms with Crippen molar-refractivity contribution in [2.75, 3.05) is 26.2 Å². The van der Waals surface area contributed by atoms with Crippen LogP contribution in [0.1, 0.15) is 53.7 Å². The molecule has 0 saturated carbocycles. The molecule has 0 radical (unpaired) electrons. The minimum Gasteiger partial charge on any atom is -0.299 e. The molecule has 2 N–H and O–H groups in total. The minimum atomic E-state index is -0.476. The lowest BCUT2D eigenvalue weighted by atomic mass is 10.0. The summed E-state index contributed by atoms with van der Waals surface area (Å²) < 4.78 is 0. The third kappa shape index (κ3) is 5.75. The highest BCUT2D eigenvalue weighted by Gasteiger charge is 2.29. The normalized spacial score (nSPS) is 22.8. The van der Waals surface area contributed by atoms with Gasteiger partial charge in [0.05, 0.1) is 0 Å². The summed E-state index contributed by atoms with van der Waals surface area (Å²) in [7, 11) is 0. The number of rotatable bonds is 7. The maximum absolute atomic E-state index is 11.5. The first-order chi connectivity index (χ1) is 15.5. The van der Waals surface area contributed by atoms with Gasteiger partial charge in [0, 0.05) is 50.4 Å². The summed E-state index contributed by atoms with van der Waals surface area (Å²) in [5.74, 6) is -0.476. The molecule has 2 aliphatic heterocycles. The molecule has 2 aliphatic rings. The molecule has 2 heterocycles. The molecule has 1 amide bonds. The molecule has 2 fully saturated rings. The molecule has 2 atom stereocenters. The lowest BCUT2D eigenvalue weighted by Crippen LogP contribution is -2.55. The first kappa shape index (κ1) is 22.9. The molecule has 32 heavy (non-hydrogen) atoms. The van der Waals surface area contributed by atoms with Crippen LogP contribution in [-0.4, -0.2) is 64.1 Å². The number of carbonyl (C=O) groups is 1. The van der Waals surface area contributed by atoms with Crippen LogP contribution in [0.4, 0.5) is 0 Å². The Labute approximate surface area is 191 Å². The molecule has 0 bridgehead atoms. The van der Waals surface area contributed by atoms with Crippen LogP contribution < -0.4 is 5.48 Å². The van der Waals surface area contributed by atoms with Gasteiger partial charge in [0.2, 0.25) is 0 Å². The van der Waals surface area contributed by atoms with Gasteiger partial charge in [0.15, 0.2) is 0 Å². The van der Waals surface area contributed by atoms with Gasteiger partial charge in [-0.3, -0.25) is 24.7 Å². The fraction of sp³-hybridized carbons (Fsp3) is 0.500. The number of nitrogens with zero attached hydrogens (tertiary/aromatic N) is 3. The average molecular weight is 437 g/mol. The van der Waals surface area contributed by atoms with E-state index in [1.807, 2.05) is 12.1 Å². The molecule has 2 aromatic rings. The van der Waals surface area contributed by atoms with E-state index in [0.717, 1.165) is 32.7 Å². The molecule has 4 rings (SSSR count). The molecule has 0 aromatic heterocycles. The van der Waals surface area contributed by atoms with E-state index >= 15 is 0 Å². The number of likely N-dealkylation sites (tertiary alicyclic amines) is 1. The quantitative estimate of drug-likeness (QED) is 0.514. The third-order valence-electron chi connectivity index (χ3n) is 6.86. The summed E-state index contributed by atoms with van der Waals surface area (Å²) in [6.07, 6.45) is 2.67. The highest BCUT2D eigenvalue weighted by atomic mass is 16.5. The molecule has 2 saturated heterocycles. The second-order valence-corrected chi connectivity index (χ2v) is 9.51. The van der Waals surface area contributed by atoms with Crippen molar-refractivity contribution in [2.24, 2.45) is 0 Å². The van der Waals surface area contributed by atoms with Gasteiger partial charge in [-0.25, -0.2) is 5.48 Å². The van der Waals surface area contributed by atoms with Gasteiger partial charge in [-0.2, -0.15) is 0 Å². The van der Waals surface area contributed by atoms with Crippen molar-refractivity contribution in [2.45, 2.75) is 58.4 Å². The van der Waals surface area contributed by atoms with Crippen molar-refractivity contribution in [3.05, 3.63) is 70.8 Å². The standard InChI is InChI=1S/C26H36N4O2/c1-20-15-29(18-24-7-5-6-23(14-24)17-28-12-3-4-13-28)16-21(2)30(20)19-22-8-10-25(11-9-22)26(31)27-32/h5-11,14,20-21,32H,3-4,12-13,15-19H2,1-2H3,(H,27,31). The zero-order valence-electron chi connectivity index (χ0n) is 19.3. The largest absolute Gasteiger partial charge is 0.299 e. The van der Waals surface area contributed by atoms with Gasteiger partial charge in [-0.05, 0) is 68.6 Å². The molecule has 6 nitrogen and oxygen atoms in total. The van der Waals surface area contributed by atoms with Crippen molar-refractivity contribution < 1.29 is 10.0 Å². The number of benzene rings is 2. The van der Waals surface area contributed by atoms with Crippen LogP contribution in [0.2, 0.25) is 0 Å². The highest BCUT2D eigenvalue weighted by molar-refractivity contribution is 5.93. The average Bonchev–Trinajstić information content (AvgIpc) is 3.29. The molecule has 2 unspecified atom stereocenters. The van der Waals surface area contributed by atoms with Gasteiger partial charge < -0.3 is 0 Å². The predicted octanol–water partition coefficient (Wildman–Crippen LogP) is 3.50. The maximum Gasteiger partial charge on any atom is 0.274 e. The predicted molar refractivity (Wildman–Crippen MR) is 126 cm³/mol. The first-order valence-corrected chi connectivity index (χ1v) is 11.8. The molecule has 0 spiro atoms. The Kier molecular flexibility index (Phi) is 7.58. The van der Waals surface area contributed by atoms with Gasteiger partial charge >= 0.3 is 0 Å². The van der Waals surface area contributed by atoms with Crippen molar-refractivity contribution in [3.8, 4) is 0 Å². The van der Waals surface area contributed by atoms with E-state index in [9.17, 15) is 4.79 Å². The Bertz CT molecular complexity index is 883. The number of carbonyl (C=O) groups excluding carboxylic acids is 1. The van der Waals surface area contributed by atoms with Crippen LogP contribution in [0.25, 0.3) is 0 Å². The second kappa shape index (κ2) is 10.6. The summed E-state index contributed by atoms with van der Waals surface area (Å²) >= 11 is 0. The Morgan fingerprint density at radius 3 is 2.06 bits per heavy atom. The fourth-order valence-electron chi connectivity index (χ4n) is 5.23. The van der Waals surface area contributed by atoms with Crippen LogP contribution >= 0.6 is 0 Å². The van der Waals surface area contributed by atoms with E-state index in [4.69, 9.17) is 5.21 Å². The highest BCUT2D eigenvalue weighted by Crippen LogP contribution is 2.22. The third-order valence-corrected chi connectivity index (χ3v) is 6.86. The molecule has 0 aliphatic carbocycles. The number of amides is 1. The van der Waals surface area contributed by atoms with Gasteiger partial charge in [-0.15, -0.1) is 0 Å². The van der Waals surface area contributed by atoms with E-state index in [2.05, 4.69) is 52.8 Å². The van der Waals surface area contributed by atoms with Crippen molar-refractivity contribution in [1.29, 1.82) is 0 Å². The molecular formula is C26H36N4O2. The SMILES string of the molecule is CC1CN(Cc2cccc(CN3CCCC3)c2)CC(C)N1Cc1ccc(C(=O)NO)cc1. The minimum absolute atomic E-state index is 0.451. The fourth-order valence-corrected chi connectivity index (χ4v) is 5.23. The van der Waals surface area contributed by atoms with E-state index in [1.54, 1.807) is 17.6 Å². The van der Waals surface area contributed by atoms with Crippen molar-refractivity contribution >= 4 is 5.91 Å². The number of hydrogen-bond acceptors (Lipinski definition) is 5. The molecule has 2 aromatic carbocycles. The molecule has 6 heteroatoms. The Hall–Kier alpha value is -2.25. The molecule has 172 valence electrons. The summed E-state index contributed by atoms with van der Waals surface area (Å²) in [5, 5.41) is 8.78. The van der Waals surface area contributed by atoms with E-state index in [-0.39, 0.29) is 0 Å². The molecular weight excluding hydrogens is 400 g/mol. The monoisotopic (exact) mass is 436 g/mol. The number of piperazine rings is 1. The Morgan fingerprint density at radius 2 is 1.47 bits per heavy atom. The van der Waals surface area contributed by atoms with Gasteiger partial charge in [0.25, 0.3) is 5.91 Å². The van der Waals surface area contributed by atoms with Crippen LogP contribution in [0.5, 0.6) is 0 Å². The van der Waals surface area contributed by atoms with Crippen LogP contribution in [0.3, 0.4) is 0 Å². The van der Waals surface area contributed by atoms with Crippen LogP contribution in [-0.2, 0) is 19.6 Å². The summed E-state index contributed by atoms with van der Waals surface area (Å²) in [6, 6.07) is 17.5. The summed E-state index contributed by atoms with van der Waals surface area (Å²) in [4.78, 5) is 19.2. The zero-order chi connectivity index (χ0) is 22.5. The van der Waals surface area contributed by atoms with Gasteiger partial charge in [-0.1, -0.05) is 36.4 Å². The van der Waals surface area contributed by atoms with E-state index in [0.29, 0.717) is 17.6 Å². The van der Waals surface area contributed by atoms with E-state index < -0.39 is 5.91 Å².